The first-order valence-corrected chi connectivity index (χ1v) is 13.3. The van der Waals surface area contributed by atoms with E-state index < -0.39 is 0 Å². The minimum Gasteiger partial charge on any atom is -0.493 e. The summed E-state index contributed by atoms with van der Waals surface area (Å²) in [6, 6.07) is 9.09. The Balaban J connectivity index is 1.66. The summed E-state index contributed by atoms with van der Waals surface area (Å²) in [5.41, 5.74) is 1.89. The van der Waals surface area contributed by atoms with Crippen molar-refractivity contribution in [3.05, 3.63) is 74.8 Å². The van der Waals surface area contributed by atoms with Gasteiger partial charge in [0, 0.05) is 29.5 Å². The van der Waals surface area contributed by atoms with E-state index in [9.17, 15) is 9.59 Å². The number of halogens is 1. The lowest BCUT2D eigenvalue weighted by Crippen LogP contribution is -2.43. The largest absolute Gasteiger partial charge is 0.493 e. The SMILES string of the molecule is C=CCc1cc(C=Nn2c(CCC)nc3ccc(Br)cc3c2=O)cc(OC)c1OCC(=O)N1CCOCC1. The summed E-state index contributed by atoms with van der Waals surface area (Å²) < 4.78 is 19.0. The molecule has 2 heterocycles. The molecule has 1 aliphatic rings. The van der Waals surface area contributed by atoms with Gasteiger partial charge in [0.2, 0.25) is 0 Å². The van der Waals surface area contributed by atoms with Crippen molar-refractivity contribution in [2.75, 3.05) is 40.0 Å². The first kappa shape index (κ1) is 27.5. The highest BCUT2D eigenvalue weighted by Gasteiger charge is 2.20. The molecular formula is C28H31BrN4O5. The highest BCUT2D eigenvalue weighted by atomic mass is 79.9. The van der Waals surface area contributed by atoms with Gasteiger partial charge in [-0.3, -0.25) is 9.59 Å². The number of ether oxygens (including phenoxy) is 3. The number of amides is 1. The predicted octanol–water partition coefficient (Wildman–Crippen LogP) is 3.97. The Morgan fingerprint density at radius 3 is 2.76 bits per heavy atom. The van der Waals surface area contributed by atoms with Gasteiger partial charge < -0.3 is 19.1 Å². The van der Waals surface area contributed by atoms with E-state index in [1.165, 1.54) is 4.68 Å². The van der Waals surface area contributed by atoms with Gasteiger partial charge in [-0.05, 0) is 48.7 Å². The number of hydrogen-bond acceptors (Lipinski definition) is 7. The number of methoxy groups -OCH3 is 1. The molecule has 0 unspecified atom stereocenters. The van der Waals surface area contributed by atoms with Crippen molar-refractivity contribution in [2.24, 2.45) is 5.10 Å². The van der Waals surface area contributed by atoms with E-state index in [2.05, 4.69) is 32.6 Å². The lowest BCUT2D eigenvalue weighted by molar-refractivity contribution is -0.137. The molecule has 1 aliphatic heterocycles. The maximum absolute atomic E-state index is 13.3. The number of hydrogen-bond donors (Lipinski definition) is 0. The summed E-state index contributed by atoms with van der Waals surface area (Å²) in [5.74, 6) is 1.42. The normalized spacial score (nSPS) is 13.7. The van der Waals surface area contributed by atoms with Crippen LogP contribution in [-0.2, 0) is 22.4 Å². The van der Waals surface area contributed by atoms with Crippen LogP contribution >= 0.6 is 15.9 Å². The third-order valence-electron chi connectivity index (χ3n) is 6.11. The minimum absolute atomic E-state index is 0.108. The molecule has 200 valence electrons. The molecule has 1 amide bonds. The van der Waals surface area contributed by atoms with Gasteiger partial charge in [-0.2, -0.15) is 9.78 Å². The second-order valence-electron chi connectivity index (χ2n) is 8.79. The molecular weight excluding hydrogens is 552 g/mol. The Hall–Kier alpha value is -3.50. The molecule has 0 saturated carbocycles. The zero-order valence-corrected chi connectivity index (χ0v) is 23.2. The first-order valence-electron chi connectivity index (χ1n) is 12.5. The van der Waals surface area contributed by atoms with Crippen LogP contribution in [0.2, 0.25) is 0 Å². The number of nitrogens with zero attached hydrogens (tertiary/aromatic N) is 4. The smallest absolute Gasteiger partial charge is 0.282 e. The van der Waals surface area contributed by atoms with Gasteiger partial charge in [-0.1, -0.05) is 28.9 Å². The topological polar surface area (TPSA) is 95.2 Å². The Labute approximate surface area is 229 Å². The average Bonchev–Trinajstić information content (AvgIpc) is 2.93. The van der Waals surface area contributed by atoms with Crippen molar-refractivity contribution in [1.82, 2.24) is 14.6 Å². The highest BCUT2D eigenvalue weighted by Crippen LogP contribution is 2.33. The van der Waals surface area contributed by atoms with Gasteiger partial charge in [0.15, 0.2) is 18.1 Å². The van der Waals surface area contributed by atoms with Crippen molar-refractivity contribution in [3.63, 3.8) is 0 Å². The summed E-state index contributed by atoms with van der Waals surface area (Å²) in [5, 5.41) is 5.00. The molecule has 10 heteroatoms. The molecule has 1 saturated heterocycles. The number of aryl methyl sites for hydroxylation is 1. The Morgan fingerprint density at radius 2 is 2.05 bits per heavy atom. The summed E-state index contributed by atoms with van der Waals surface area (Å²) in [6.07, 6.45) is 5.26. The molecule has 1 aromatic heterocycles. The van der Waals surface area contributed by atoms with E-state index in [1.54, 1.807) is 36.4 Å². The van der Waals surface area contributed by atoms with Gasteiger partial charge in [-0.15, -0.1) is 6.58 Å². The van der Waals surface area contributed by atoms with Crippen LogP contribution in [0.4, 0.5) is 0 Å². The van der Waals surface area contributed by atoms with Gasteiger partial charge in [-0.25, -0.2) is 4.98 Å². The van der Waals surface area contributed by atoms with Crippen LogP contribution in [0.15, 0.2) is 57.4 Å². The minimum atomic E-state index is -0.240. The van der Waals surface area contributed by atoms with Crippen molar-refractivity contribution >= 4 is 39.0 Å². The lowest BCUT2D eigenvalue weighted by Gasteiger charge is -2.27. The second kappa shape index (κ2) is 12.8. The average molecular weight is 583 g/mol. The van der Waals surface area contributed by atoms with E-state index in [0.717, 1.165) is 16.5 Å². The number of rotatable bonds is 10. The Bertz CT molecular complexity index is 1410. The third kappa shape index (κ3) is 6.31. The molecule has 1 fully saturated rings. The molecule has 0 bridgehead atoms. The van der Waals surface area contributed by atoms with Gasteiger partial charge in [0.25, 0.3) is 11.5 Å². The van der Waals surface area contributed by atoms with Crippen LogP contribution in [0.25, 0.3) is 10.9 Å². The Morgan fingerprint density at radius 1 is 1.26 bits per heavy atom. The van der Waals surface area contributed by atoms with Crippen molar-refractivity contribution in [1.29, 1.82) is 0 Å². The maximum Gasteiger partial charge on any atom is 0.282 e. The monoisotopic (exact) mass is 582 g/mol. The number of benzene rings is 2. The van der Waals surface area contributed by atoms with Crippen LogP contribution in [0, 0.1) is 0 Å². The quantitative estimate of drug-likeness (QED) is 0.265. The van der Waals surface area contributed by atoms with Crippen LogP contribution in [0.3, 0.4) is 0 Å². The lowest BCUT2D eigenvalue weighted by atomic mass is 10.1. The number of morpholine rings is 1. The van der Waals surface area contributed by atoms with E-state index >= 15 is 0 Å². The molecule has 38 heavy (non-hydrogen) atoms. The summed E-state index contributed by atoms with van der Waals surface area (Å²) in [7, 11) is 1.54. The maximum atomic E-state index is 13.3. The Kier molecular flexibility index (Phi) is 9.30. The fourth-order valence-electron chi connectivity index (χ4n) is 4.24. The molecule has 0 N–H and O–H groups in total. The third-order valence-corrected chi connectivity index (χ3v) is 6.61. The number of fused-ring (bicyclic) bond motifs is 1. The molecule has 2 aromatic carbocycles. The molecule has 9 nitrogen and oxygen atoms in total. The number of carbonyl (C=O) groups excluding carboxylic acids is 1. The zero-order chi connectivity index (χ0) is 27.1. The van der Waals surface area contributed by atoms with E-state index in [-0.39, 0.29) is 18.1 Å². The summed E-state index contributed by atoms with van der Waals surface area (Å²) >= 11 is 3.43. The van der Waals surface area contributed by atoms with Gasteiger partial charge in [0.05, 0.1) is 37.4 Å². The van der Waals surface area contributed by atoms with Crippen LogP contribution in [0.5, 0.6) is 11.5 Å². The number of aromatic nitrogens is 2. The molecule has 0 atom stereocenters. The van der Waals surface area contributed by atoms with E-state index in [0.29, 0.717) is 72.9 Å². The van der Waals surface area contributed by atoms with Crippen molar-refractivity contribution in [2.45, 2.75) is 26.2 Å². The fraction of sp³-hybridized carbons (Fsp3) is 0.357. The van der Waals surface area contributed by atoms with E-state index in [1.807, 2.05) is 25.1 Å². The van der Waals surface area contributed by atoms with Crippen LogP contribution in [-0.4, -0.2) is 66.7 Å². The highest BCUT2D eigenvalue weighted by molar-refractivity contribution is 9.10. The molecule has 0 radical (unpaired) electrons. The number of allylic oxidation sites excluding steroid dienone is 1. The van der Waals surface area contributed by atoms with Crippen LogP contribution in [0.1, 0.15) is 30.3 Å². The first-order chi connectivity index (χ1) is 18.4. The van der Waals surface area contributed by atoms with Crippen molar-refractivity contribution < 1.29 is 19.0 Å². The van der Waals surface area contributed by atoms with Crippen LogP contribution < -0.4 is 15.0 Å². The molecule has 3 aromatic rings. The van der Waals surface area contributed by atoms with Gasteiger partial charge in [0.1, 0.15) is 5.82 Å². The summed E-state index contributed by atoms with van der Waals surface area (Å²) in [4.78, 5) is 32.3. The van der Waals surface area contributed by atoms with E-state index in [4.69, 9.17) is 14.2 Å². The summed E-state index contributed by atoms with van der Waals surface area (Å²) in [6.45, 7) is 7.92. The zero-order valence-electron chi connectivity index (χ0n) is 21.6. The molecule has 0 aliphatic carbocycles. The van der Waals surface area contributed by atoms with Gasteiger partial charge >= 0.3 is 0 Å². The second-order valence-corrected chi connectivity index (χ2v) is 9.70. The predicted molar refractivity (Wildman–Crippen MR) is 150 cm³/mol. The number of carbonyl (C=O) groups is 1. The van der Waals surface area contributed by atoms with Crippen molar-refractivity contribution in [3.8, 4) is 11.5 Å². The molecule has 4 rings (SSSR count). The fourth-order valence-corrected chi connectivity index (χ4v) is 4.60. The molecule has 0 spiro atoms. The standard InChI is InChI=1S/C28H31BrN4O5/c1-4-6-20-14-19(15-24(36-3)27(20)38-18-26(34)32-10-12-37-13-11-32)17-30-33-25(7-5-2)31-23-9-8-21(29)16-22(23)28(33)35/h4,8-9,14-17H,1,5-7,10-13,18H2,2-3H3.